The smallest absolute Gasteiger partial charge is 0.267 e. The first-order chi connectivity index (χ1) is 4.84. The molecule has 0 spiro atoms. The van der Waals surface area contributed by atoms with Crippen molar-refractivity contribution in [3.8, 4) is 0 Å². The van der Waals surface area contributed by atoms with E-state index in [0.29, 0.717) is 5.56 Å². The zero-order valence-electron chi connectivity index (χ0n) is 5.10. The topological polar surface area (TPSA) is 29.1 Å². The largest absolute Gasteiger partial charge is 0.278 e. The van der Waals surface area contributed by atoms with Gasteiger partial charge in [-0.1, -0.05) is 16.6 Å². The fraction of sp³-hybridized carbons (Fsp3) is 0. The van der Waals surface area contributed by atoms with Crippen LogP contribution in [0.15, 0.2) is 24.3 Å². The van der Waals surface area contributed by atoms with Gasteiger partial charge in [-0.2, -0.15) is 5.54 Å². The number of benzene rings is 1. The van der Waals surface area contributed by atoms with E-state index < -0.39 is 5.91 Å². The molecule has 0 saturated heterocycles. The molecule has 1 amide bonds. The molecule has 0 heterocycles. The SMILES string of the molecule is O=C(NF)c1cc[c]cc1. The molecule has 1 N–H and O–H groups in total. The van der Waals surface area contributed by atoms with Crippen LogP contribution >= 0.6 is 0 Å². The number of hydrogen-bond acceptors (Lipinski definition) is 1. The molecule has 51 valence electrons. The van der Waals surface area contributed by atoms with E-state index in [-0.39, 0.29) is 0 Å². The fourth-order valence-corrected chi connectivity index (χ4v) is 0.593. The Kier molecular flexibility index (Phi) is 1.99. The number of amides is 1. The minimum Gasteiger partial charge on any atom is -0.267 e. The van der Waals surface area contributed by atoms with E-state index in [9.17, 15) is 9.28 Å². The number of nitrogens with one attached hydrogen (secondary N) is 1. The van der Waals surface area contributed by atoms with E-state index in [1.54, 1.807) is 12.1 Å². The highest BCUT2D eigenvalue weighted by atomic mass is 19.2. The zero-order chi connectivity index (χ0) is 7.40. The van der Waals surface area contributed by atoms with Crippen LogP contribution in [0, 0.1) is 6.07 Å². The van der Waals surface area contributed by atoms with Gasteiger partial charge in [0.2, 0.25) is 0 Å². The van der Waals surface area contributed by atoms with Crippen molar-refractivity contribution < 1.29 is 9.28 Å². The average molecular weight is 138 g/mol. The molecule has 0 unspecified atom stereocenters. The Hall–Kier alpha value is -1.38. The van der Waals surface area contributed by atoms with Gasteiger partial charge in [-0.05, 0) is 18.2 Å². The summed E-state index contributed by atoms with van der Waals surface area (Å²) in [6, 6.07) is 8.76. The predicted molar refractivity (Wildman–Crippen MR) is 33.9 cm³/mol. The van der Waals surface area contributed by atoms with Gasteiger partial charge in [-0.25, -0.2) is 0 Å². The normalized spacial score (nSPS) is 8.90. The van der Waals surface area contributed by atoms with E-state index in [1.165, 1.54) is 12.1 Å². The lowest BCUT2D eigenvalue weighted by atomic mass is 10.2. The number of hydrogen-bond donors (Lipinski definition) is 1. The van der Waals surface area contributed by atoms with Crippen molar-refractivity contribution in [2.24, 2.45) is 0 Å². The molecule has 1 radical (unpaired) electrons. The third-order valence-corrected chi connectivity index (χ3v) is 1.07. The van der Waals surface area contributed by atoms with Crippen LogP contribution < -0.4 is 5.54 Å². The summed E-state index contributed by atoms with van der Waals surface area (Å²) in [7, 11) is 0. The quantitative estimate of drug-likeness (QED) is 0.578. The van der Waals surface area contributed by atoms with E-state index in [2.05, 4.69) is 6.07 Å². The molecule has 1 aromatic rings. The van der Waals surface area contributed by atoms with Crippen LogP contribution in [0.2, 0.25) is 0 Å². The molecule has 0 aliphatic carbocycles. The first-order valence-electron chi connectivity index (χ1n) is 2.71. The van der Waals surface area contributed by atoms with Crippen LogP contribution in [0.25, 0.3) is 0 Å². The minimum atomic E-state index is -0.728. The van der Waals surface area contributed by atoms with Gasteiger partial charge >= 0.3 is 0 Å². The van der Waals surface area contributed by atoms with Gasteiger partial charge in [0.15, 0.2) is 0 Å². The van der Waals surface area contributed by atoms with Crippen LogP contribution in [0.3, 0.4) is 0 Å². The summed E-state index contributed by atoms with van der Waals surface area (Å²) >= 11 is 0. The zero-order valence-corrected chi connectivity index (χ0v) is 5.10. The maximum Gasteiger partial charge on any atom is 0.278 e. The first-order valence-corrected chi connectivity index (χ1v) is 2.71. The number of rotatable bonds is 1. The summed E-state index contributed by atoms with van der Waals surface area (Å²) in [5, 5.41) is 0. The van der Waals surface area contributed by atoms with Crippen molar-refractivity contribution in [2.45, 2.75) is 0 Å². The fourth-order valence-electron chi connectivity index (χ4n) is 0.593. The summed E-state index contributed by atoms with van der Waals surface area (Å²) < 4.78 is 11.5. The Balaban J connectivity index is 2.85. The highest BCUT2D eigenvalue weighted by Gasteiger charge is 2.00. The van der Waals surface area contributed by atoms with Crippen molar-refractivity contribution >= 4 is 5.91 Å². The Morgan fingerprint density at radius 2 is 2.10 bits per heavy atom. The van der Waals surface area contributed by atoms with Crippen molar-refractivity contribution in [3.05, 3.63) is 35.9 Å². The van der Waals surface area contributed by atoms with Crippen LogP contribution in [-0.4, -0.2) is 5.91 Å². The summed E-state index contributed by atoms with van der Waals surface area (Å²) in [5.74, 6) is -0.728. The minimum absolute atomic E-state index is 0.293. The average Bonchev–Trinajstić information content (AvgIpc) is 2.05. The standard InChI is InChI=1S/C7H5FNO/c8-9-7(10)6-4-2-1-3-5-6/h2-5H,(H,9,10). The molecule has 0 aromatic heterocycles. The number of carbonyl (C=O) groups is 1. The maximum atomic E-state index is 11.5. The third-order valence-electron chi connectivity index (χ3n) is 1.07. The monoisotopic (exact) mass is 138 g/mol. The Labute approximate surface area is 57.6 Å². The lowest BCUT2D eigenvalue weighted by Gasteiger charge is -1.92. The second-order valence-corrected chi connectivity index (χ2v) is 1.71. The Morgan fingerprint density at radius 1 is 1.50 bits per heavy atom. The molecule has 0 bridgehead atoms. The summed E-state index contributed by atoms with van der Waals surface area (Å²) in [5.41, 5.74) is 1.32. The molecule has 1 aromatic carbocycles. The molecule has 10 heavy (non-hydrogen) atoms. The van der Waals surface area contributed by atoms with Crippen LogP contribution in [0.1, 0.15) is 10.4 Å². The van der Waals surface area contributed by atoms with Crippen molar-refractivity contribution in [1.29, 1.82) is 0 Å². The Bertz CT molecular complexity index is 222. The summed E-state index contributed by atoms with van der Waals surface area (Å²) in [4.78, 5) is 10.5. The molecule has 0 saturated carbocycles. The lowest BCUT2D eigenvalue weighted by Crippen LogP contribution is -2.12. The van der Waals surface area contributed by atoms with Crippen molar-refractivity contribution in [1.82, 2.24) is 5.54 Å². The molecular weight excluding hydrogens is 133 g/mol. The predicted octanol–water partition coefficient (Wildman–Crippen LogP) is 1.10. The van der Waals surface area contributed by atoms with Gasteiger partial charge in [0, 0.05) is 5.56 Å². The number of carbonyl (C=O) groups excluding carboxylic acids is 1. The highest BCUT2D eigenvalue weighted by molar-refractivity contribution is 5.93. The molecular formula is C7H5FNO. The summed E-state index contributed by atoms with van der Waals surface area (Å²) in [6.07, 6.45) is 0. The third kappa shape index (κ3) is 1.31. The van der Waals surface area contributed by atoms with E-state index in [4.69, 9.17) is 0 Å². The first kappa shape index (κ1) is 6.74. The molecule has 0 atom stereocenters. The van der Waals surface area contributed by atoms with Gasteiger partial charge in [-0.3, -0.25) is 4.79 Å². The lowest BCUT2D eigenvalue weighted by molar-refractivity contribution is 0.0859. The van der Waals surface area contributed by atoms with Crippen LogP contribution in [0.5, 0.6) is 0 Å². The Morgan fingerprint density at radius 3 is 2.60 bits per heavy atom. The van der Waals surface area contributed by atoms with Gasteiger partial charge < -0.3 is 0 Å². The molecule has 2 nitrogen and oxygen atoms in total. The van der Waals surface area contributed by atoms with E-state index in [1.807, 2.05) is 0 Å². The molecule has 3 heteroatoms. The molecule has 0 fully saturated rings. The van der Waals surface area contributed by atoms with Crippen LogP contribution in [-0.2, 0) is 0 Å². The van der Waals surface area contributed by atoms with Gasteiger partial charge in [0.05, 0.1) is 0 Å². The van der Waals surface area contributed by atoms with E-state index in [0.717, 1.165) is 5.54 Å². The number of halogens is 1. The van der Waals surface area contributed by atoms with Crippen LogP contribution in [0.4, 0.5) is 4.48 Å². The highest BCUT2D eigenvalue weighted by Crippen LogP contribution is 1.96. The van der Waals surface area contributed by atoms with Gasteiger partial charge in [-0.15, -0.1) is 0 Å². The van der Waals surface area contributed by atoms with Crippen molar-refractivity contribution in [2.75, 3.05) is 0 Å². The summed E-state index contributed by atoms with van der Waals surface area (Å²) in [6.45, 7) is 0. The molecule has 1 rings (SSSR count). The molecule has 0 aliphatic heterocycles. The molecule has 0 aliphatic rings. The van der Waals surface area contributed by atoms with Crippen molar-refractivity contribution in [3.63, 3.8) is 0 Å². The second-order valence-electron chi connectivity index (χ2n) is 1.71. The van der Waals surface area contributed by atoms with Gasteiger partial charge in [0.1, 0.15) is 0 Å². The van der Waals surface area contributed by atoms with E-state index >= 15 is 0 Å². The van der Waals surface area contributed by atoms with Gasteiger partial charge in [0.25, 0.3) is 5.91 Å². The second kappa shape index (κ2) is 2.96. The maximum absolute atomic E-state index is 11.5.